The van der Waals surface area contributed by atoms with Crippen molar-refractivity contribution >= 4 is 21.5 Å². The summed E-state index contributed by atoms with van der Waals surface area (Å²) in [6.45, 7) is 16.0. The molecule has 0 aliphatic carbocycles. The Kier molecular flexibility index (Phi) is 4.53. The highest BCUT2D eigenvalue weighted by molar-refractivity contribution is 6.12. The number of rotatable bonds is 1. The molecule has 1 aromatic heterocycles. The van der Waals surface area contributed by atoms with E-state index in [0.29, 0.717) is 0 Å². The second kappa shape index (κ2) is 6.69. The summed E-state index contributed by atoms with van der Waals surface area (Å²) in [5, 5.41) is 5.18. The van der Waals surface area contributed by atoms with Crippen molar-refractivity contribution < 1.29 is 0 Å². The second-order valence-electron chi connectivity index (χ2n) is 10.3. The molecule has 0 unspecified atom stereocenters. The van der Waals surface area contributed by atoms with E-state index < -0.39 is 0 Å². The predicted octanol–water partition coefficient (Wildman–Crippen LogP) is 7.96. The van der Waals surface area contributed by atoms with Gasteiger partial charge in [-0.25, -0.2) is 0 Å². The van der Waals surface area contributed by atoms with Crippen LogP contribution in [0.1, 0.15) is 58.2 Å². The van der Waals surface area contributed by atoms with Crippen LogP contribution in [0, 0.1) is 6.92 Å². The number of hydrogen-bond donors (Lipinski definition) is 0. The minimum atomic E-state index is 0.0829. The van der Waals surface area contributed by atoms with Crippen LogP contribution in [0.15, 0.2) is 60.8 Å². The quantitative estimate of drug-likeness (QED) is 0.305. The minimum absolute atomic E-state index is 0.0829. The van der Waals surface area contributed by atoms with Crippen molar-refractivity contribution in [2.45, 2.75) is 59.3 Å². The summed E-state index contributed by atoms with van der Waals surface area (Å²) in [6.07, 6.45) is 1.96. The first-order valence-corrected chi connectivity index (χ1v) is 10.5. The molecule has 4 rings (SSSR count). The molecule has 29 heavy (non-hydrogen) atoms. The first-order chi connectivity index (χ1) is 13.6. The Bertz CT molecular complexity index is 1220. The molecule has 1 heteroatoms. The van der Waals surface area contributed by atoms with Gasteiger partial charge in [0.2, 0.25) is 0 Å². The van der Waals surface area contributed by atoms with Gasteiger partial charge in [-0.3, -0.25) is 4.98 Å². The SMILES string of the molecule is Cc1cccc(-c2nccc3c2ccc2c(C(C)(C)C)cc(C(C)(C)C)cc23)c1. The standard InChI is InChI=1S/C28H31N/c1-18-9-8-10-19(15-18)26-23-12-11-22-24(21(23)13-14-29-26)16-20(27(2,3)4)17-25(22)28(5,6)7/h8-17H,1-7H3. The van der Waals surface area contributed by atoms with E-state index in [0.717, 1.165) is 5.69 Å². The summed E-state index contributed by atoms with van der Waals surface area (Å²) in [5.74, 6) is 0. The smallest absolute Gasteiger partial charge is 0.0780 e. The fraction of sp³-hybridized carbons (Fsp3) is 0.321. The normalized spacial score (nSPS) is 12.7. The zero-order valence-corrected chi connectivity index (χ0v) is 18.7. The molecule has 4 aromatic rings. The number of aryl methyl sites for hydroxylation is 1. The van der Waals surface area contributed by atoms with E-state index in [2.05, 4.69) is 103 Å². The van der Waals surface area contributed by atoms with E-state index in [-0.39, 0.29) is 10.8 Å². The summed E-state index contributed by atoms with van der Waals surface area (Å²) in [6, 6.07) is 20.2. The van der Waals surface area contributed by atoms with Crippen molar-refractivity contribution in [3.05, 3.63) is 77.5 Å². The van der Waals surface area contributed by atoms with E-state index >= 15 is 0 Å². The lowest BCUT2D eigenvalue weighted by atomic mass is 9.77. The highest BCUT2D eigenvalue weighted by atomic mass is 14.7. The van der Waals surface area contributed by atoms with Crippen molar-refractivity contribution in [1.82, 2.24) is 4.98 Å². The predicted molar refractivity (Wildman–Crippen MR) is 127 cm³/mol. The van der Waals surface area contributed by atoms with Crippen LogP contribution in [-0.2, 0) is 10.8 Å². The lowest BCUT2D eigenvalue weighted by molar-refractivity contribution is 0.573. The molecule has 0 radical (unpaired) electrons. The maximum absolute atomic E-state index is 4.77. The van der Waals surface area contributed by atoms with Gasteiger partial charge in [0.25, 0.3) is 0 Å². The molecule has 0 amide bonds. The number of benzene rings is 3. The Morgan fingerprint density at radius 1 is 0.655 bits per heavy atom. The van der Waals surface area contributed by atoms with Crippen LogP contribution in [0.4, 0.5) is 0 Å². The Morgan fingerprint density at radius 2 is 1.38 bits per heavy atom. The lowest BCUT2D eigenvalue weighted by Crippen LogP contribution is -2.16. The van der Waals surface area contributed by atoms with E-state index in [9.17, 15) is 0 Å². The van der Waals surface area contributed by atoms with Crippen LogP contribution < -0.4 is 0 Å². The molecule has 0 saturated heterocycles. The van der Waals surface area contributed by atoms with Crippen LogP contribution in [0.5, 0.6) is 0 Å². The first kappa shape index (κ1) is 19.6. The van der Waals surface area contributed by atoms with Gasteiger partial charge in [0, 0.05) is 17.1 Å². The fourth-order valence-corrected chi connectivity index (χ4v) is 4.18. The van der Waals surface area contributed by atoms with Crippen molar-refractivity contribution in [2.75, 3.05) is 0 Å². The van der Waals surface area contributed by atoms with E-state index in [1.54, 1.807) is 0 Å². The summed E-state index contributed by atoms with van der Waals surface area (Å²) >= 11 is 0. The third kappa shape index (κ3) is 3.55. The first-order valence-electron chi connectivity index (χ1n) is 10.5. The van der Waals surface area contributed by atoms with Crippen molar-refractivity contribution in [3.63, 3.8) is 0 Å². The van der Waals surface area contributed by atoms with E-state index in [4.69, 9.17) is 4.98 Å². The molecule has 0 saturated carbocycles. The summed E-state index contributed by atoms with van der Waals surface area (Å²) in [7, 11) is 0. The van der Waals surface area contributed by atoms with Gasteiger partial charge in [-0.15, -0.1) is 0 Å². The zero-order chi connectivity index (χ0) is 21.0. The largest absolute Gasteiger partial charge is 0.256 e. The van der Waals surface area contributed by atoms with Crippen molar-refractivity contribution in [3.8, 4) is 11.3 Å². The highest BCUT2D eigenvalue weighted by Crippen LogP contribution is 2.39. The van der Waals surface area contributed by atoms with Gasteiger partial charge in [-0.05, 0) is 63.2 Å². The minimum Gasteiger partial charge on any atom is -0.256 e. The molecular formula is C28H31N. The van der Waals surface area contributed by atoms with Crippen LogP contribution >= 0.6 is 0 Å². The Labute approximate surface area is 174 Å². The number of aromatic nitrogens is 1. The summed E-state index contributed by atoms with van der Waals surface area (Å²) in [5.41, 5.74) is 6.48. The Balaban J connectivity index is 2.12. The maximum Gasteiger partial charge on any atom is 0.0780 e. The van der Waals surface area contributed by atoms with E-state index in [1.807, 2.05) is 6.20 Å². The fourth-order valence-electron chi connectivity index (χ4n) is 4.18. The van der Waals surface area contributed by atoms with Gasteiger partial charge in [0.1, 0.15) is 0 Å². The Morgan fingerprint density at radius 3 is 2.03 bits per heavy atom. The molecule has 3 aromatic carbocycles. The topological polar surface area (TPSA) is 12.9 Å². The molecule has 0 aliphatic heterocycles. The third-order valence-corrected chi connectivity index (χ3v) is 5.84. The third-order valence-electron chi connectivity index (χ3n) is 5.84. The lowest BCUT2D eigenvalue weighted by Gasteiger charge is -2.27. The van der Waals surface area contributed by atoms with Crippen molar-refractivity contribution in [1.29, 1.82) is 0 Å². The molecule has 1 heterocycles. The molecular weight excluding hydrogens is 350 g/mol. The molecule has 0 bridgehead atoms. The average Bonchev–Trinajstić information content (AvgIpc) is 2.65. The summed E-state index contributed by atoms with van der Waals surface area (Å²) < 4.78 is 0. The van der Waals surface area contributed by atoms with Gasteiger partial charge >= 0.3 is 0 Å². The Hall–Kier alpha value is -2.67. The molecule has 0 aliphatic rings. The molecule has 0 N–H and O–H groups in total. The molecule has 0 spiro atoms. The van der Waals surface area contributed by atoms with E-state index in [1.165, 1.54) is 43.8 Å². The average molecular weight is 382 g/mol. The number of nitrogens with zero attached hydrogens (tertiary/aromatic N) is 1. The molecule has 148 valence electrons. The zero-order valence-electron chi connectivity index (χ0n) is 18.7. The maximum atomic E-state index is 4.77. The number of pyridine rings is 1. The van der Waals surface area contributed by atoms with Crippen LogP contribution in [0.2, 0.25) is 0 Å². The van der Waals surface area contributed by atoms with Crippen LogP contribution in [-0.4, -0.2) is 4.98 Å². The monoisotopic (exact) mass is 381 g/mol. The van der Waals surface area contributed by atoms with Gasteiger partial charge < -0.3 is 0 Å². The second-order valence-corrected chi connectivity index (χ2v) is 10.3. The van der Waals surface area contributed by atoms with Gasteiger partial charge in [0.15, 0.2) is 0 Å². The summed E-state index contributed by atoms with van der Waals surface area (Å²) in [4.78, 5) is 4.77. The molecule has 1 nitrogen and oxygen atoms in total. The highest BCUT2D eigenvalue weighted by Gasteiger charge is 2.23. The van der Waals surface area contributed by atoms with Gasteiger partial charge in [0.05, 0.1) is 5.69 Å². The van der Waals surface area contributed by atoms with Crippen LogP contribution in [0.3, 0.4) is 0 Å². The van der Waals surface area contributed by atoms with Gasteiger partial charge in [-0.2, -0.15) is 0 Å². The van der Waals surface area contributed by atoms with Gasteiger partial charge in [-0.1, -0.05) is 83.5 Å². The molecule has 0 fully saturated rings. The van der Waals surface area contributed by atoms with Crippen LogP contribution in [0.25, 0.3) is 32.8 Å². The number of fused-ring (bicyclic) bond motifs is 3. The molecule has 0 atom stereocenters. The number of hydrogen-bond acceptors (Lipinski definition) is 1. The van der Waals surface area contributed by atoms with Crippen molar-refractivity contribution in [2.24, 2.45) is 0 Å².